The van der Waals surface area contributed by atoms with E-state index in [1.165, 1.54) is 0 Å². The van der Waals surface area contributed by atoms with Crippen LogP contribution in [0.1, 0.15) is 32.3 Å². The third kappa shape index (κ3) is 1.91. The van der Waals surface area contributed by atoms with Gasteiger partial charge in [-0.15, -0.1) is 5.10 Å². The predicted molar refractivity (Wildman–Crippen MR) is 65.9 cm³/mol. The molecule has 86 valence electrons. The van der Waals surface area contributed by atoms with E-state index in [1.54, 1.807) is 18.0 Å². The number of hydrogen-bond donors (Lipinski definition) is 0. The number of imidazole rings is 1. The minimum Gasteiger partial charge on any atom is -0.272 e. The van der Waals surface area contributed by atoms with Gasteiger partial charge in [-0.3, -0.25) is 4.40 Å². The van der Waals surface area contributed by atoms with E-state index in [0.717, 1.165) is 28.6 Å². The van der Waals surface area contributed by atoms with Gasteiger partial charge in [0.2, 0.25) is 0 Å². The third-order valence-electron chi connectivity index (χ3n) is 2.34. The predicted octanol–water partition coefficient (Wildman–Crippen LogP) is 2.50. The first kappa shape index (κ1) is 11.4. The highest BCUT2D eigenvalue weighted by Crippen LogP contribution is 2.23. The number of aromatic nitrogens is 4. The van der Waals surface area contributed by atoms with E-state index < -0.39 is 0 Å². The SMILES string of the molecule is CCc1nc(C)c2cnnc(SC(C)C)n12. The van der Waals surface area contributed by atoms with Crippen molar-refractivity contribution in [1.82, 2.24) is 19.6 Å². The molecule has 0 atom stereocenters. The second-order valence-electron chi connectivity index (χ2n) is 3.98. The van der Waals surface area contributed by atoms with Gasteiger partial charge in [0.05, 0.1) is 17.4 Å². The Bertz CT molecular complexity index is 504. The number of rotatable bonds is 3. The summed E-state index contributed by atoms with van der Waals surface area (Å²) >= 11 is 1.72. The van der Waals surface area contributed by atoms with E-state index in [2.05, 4.69) is 40.4 Å². The highest BCUT2D eigenvalue weighted by atomic mass is 32.2. The smallest absolute Gasteiger partial charge is 0.196 e. The third-order valence-corrected chi connectivity index (χ3v) is 3.28. The molecular formula is C11H16N4S. The van der Waals surface area contributed by atoms with E-state index in [4.69, 9.17) is 0 Å². The molecule has 4 nitrogen and oxygen atoms in total. The minimum atomic E-state index is 0.493. The Morgan fingerprint density at radius 2 is 2.19 bits per heavy atom. The van der Waals surface area contributed by atoms with Gasteiger partial charge in [-0.25, -0.2) is 4.98 Å². The summed E-state index contributed by atoms with van der Waals surface area (Å²) in [5.74, 6) is 1.06. The summed E-state index contributed by atoms with van der Waals surface area (Å²) in [7, 11) is 0. The van der Waals surface area contributed by atoms with Crippen molar-refractivity contribution in [3.63, 3.8) is 0 Å². The Morgan fingerprint density at radius 1 is 1.44 bits per heavy atom. The second-order valence-corrected chi connectivity index (χ2v) is 5.53. The molecule has 5 heteroatoms. The summed E-state index contributed by atoms with van der Waals surface area (Å²) in [4.78, 5) is 4.55. The number of aryl methyl sites for hydroxylation is 2. The van der Waals surface area contributed by atoms with Crippen LogP contribution in [0.2, 0.25) is 0 Å². The highest BCUT2D eigenvalue weighted by Gasteiger charge is 2.13. The van der Waals surface area contributed by atoms with Crippen LogP contribution in [0.4, 0.5) is 0 Å². The van der Waals surface area contributed by atoms with Crippen molar-refractivity contribution in [2.75, 3.05) is 0 Å². The molecule has 0 N–H and O–H groups in total. The fourth-order valence-electron chi connectivity index (χ4n) is 1.67. The summed E-state index contributed by atoms with van der Waals surface area (Å²) in [6.45, 7) is 8.43. The zero-order valence-electron chi connectivity index (χ0n) is 10.1. The van der Waals surface area contributed by atoms with Crippen molar-refractivity contribution >= 4 is 17.3 Å². The molecule has 2 heterocycles. The minimum absolute atomic E-state index is 0.493. The summed E-state index contributed by atoms with van der Waals surface area (Å²) < 4.78 is 2.12. The molecule has 0 saturated carbocycles. The maximum absolute atomic E-state index is 4.55. The molecule has 0 saturated heterocycles. The van der Waals surface area contributed by atoms with Crippen LogP contribution in [0.3, 0.4) is 0 Å². The molecule has 0 aliphatic heterocycles. The number of fused-ring (bicyclic) bond motifs is 1. The first-order valence-electron chi connectivity index (χ1n) is 5.49. The van der Waals surface area contributed by atoms with Crippen molar-refractivity contribution in [3.05, 3.63) is 17.7 Å². The number of hydrogen-bond acceptors (Lipinski definition) is 4. The van der Waals surface area contributed by atoms with E-state index >= 15 is 0 Å². The molecule has 0 aliphatic rings. The normalized spacial score (nSPS) is 11.6. The van der Waals surface area contributed by atoms with Gasteiger partial charge in [-0.2, -0.15) is 5.10 Å². The molecule has 0 amide bonds. The van der Waals surface area contributed by atoms with Crippen molar-refractivity contribution in [1.29, 1.82) is 0 Å². The maximum Gasteiger partial charge on any atom is 0.196 e. The monoisotopic (exact) mass is 236 g/mol. The molecule has 0 aliphatic carbocycles. The fourth-order valence-corrected chi connectivity index (χ4v) is 2.49. The first-order chi connectivity index (χ1) is 7.63. The first-order valence-corrected chi connectivity index (χ1v) is 6.37. The van der Waals surface area contributed by atoms with Crippen LogP contribution in [0.5, 0.6) is 0 Å². The Kier molecular flexibility index (Phi) is 3.14. The van der Waals surface area contributed by atoms with Crippen LogP contribution < -0.4 is 0 Å². The quantitative estimate of drug-likeness (QED) is 0.768. The van der Waals surface area contributed by atoms with Crippen molar-refractivity contribution in [3.8, 4) is 0 Å². The van der Waals surface area contributed by atoms with E-state index in [1.807, 2.05) is 6.92 Å². The highest BCUT2D eigenvalue weighted by molar-refractivity contribution is 7.99. The van der Waals surface area contributed by atoms with Crippen molar-refractivity contribution in [2.45, 2.75) is 44.5 Å². The van der Waals surface area contributed by atoms with Gasteiger partial charge in [-0.1, -0.05) is 32.5 Å². The van der Waals surface area contributed by atoms with Gasteiger partial charge < -0.3 is 0 Å². The van der Waals surface area contributed by atoms with E-state index in [-0.39, 0.29) is 0 Å². The average Bonchev–Trinajstić information content (AvgIpc) is 2.56. The Balaban J connectivity index is 2.64. The second kappa shape index (κ2) is 4.41. The molecule has 2 rings (SSSR count). The maximum atomic E-state index is 4.55. The van der Waals surface area contributed by atoms with Crippen LogP contribution >= 0.6 is 11.8 Å². The lowest BCUT2D eigenvalue weighted by molar-refractivity contribution is 0.763. The van der Waals surface area contributed by atoms with Gasteiger partial charge >= 0.3 is 0 Å². The van der Waals surface area contributed by atoms with Crippen LogP contribution in [0, 0.1) is 6.92 Å². The Labute approximate surface area is 99.5 Å². The molecule has 0 unspecified atom stereocenters. The summed E-state index contributed by atoms with van der Waals surface area (Å²) in [6.07, 6.45) is 2.69. The molecule has 16 heavy (non-hydrogen) atoms. The topological polar surface area (TPSA) is 43.1 Å². The molecule has 2 aromatic heterocycles. The standard InChI is InChI=1S/C11H16N4S/c1-5-10-13-8(4)9-6-12-14-11(15(9)10)16-7(2)3/h6-7H,5H2,1-4H3. The molecule has 2 aromatic rings. The van der Waals surface area contributed by atoms with Crippen molar-refractivity contribution in [2.24, 2.45) is 0 Å². The lowest BCUT2D eigenvalue weighted by atomic mass is 10.4. The summed E-state index contributed by atoms with van der Waals surface area (Å²) in [5, 5.41) is 9.68. The number of nitrogens with zero attached hydrogens (tertiary/aromatic N) is 4. The Hall–Kier alpha value is -1.10. The van der Waals surface area contributed by atoms with E-state index in [0.29, 0.717) is 5.25 Å². The molecule has 0 spiro atoms. The van der Waals surface area contributed by atoms with Gasteiger partial charge in [0.25, 0.3) is 0 Å². The lowest BCUT2D eigenvalue weighted by Gasteiger charge is -2.07. The van der Waals surface area contributed by atoms with Crippen molar-refractivity contribution < 1.29 is 0 Å². The van der Waals surface area contributed by atoms with Crippen LogP contribution in [-0.2, 0) is 6.42 Å². The molecule has 0 fully saturated rings. The number of thioether (sulfide) groups is 1. The lowest BCUT2D eigenvalue weighted by Crippen LogP contribution is -2.02. The fraction of sp³-hybridized carbons (Fsp3) is 0.545. The zero-order chi connectivity index (χ0) is 11.7. The van der Waals surface area contributed by atoms with E-state index in [9.17, 15) is 0 Å². The van der Waals surface area contributed by atoms with Gasteiger partial charge in [-0.05, 0) is 6.92 Å². The van der Waals surface area contributed by atoms with Gasteiger partial charge in [0, 0.05) is 11.7 Å². The largest absolute Gasteiger partial charge is 0.272 e. The average molecular weight is 236 g/mol. The molecule has 0 radical (unpaired) electrons. The summed E-state index contributed by atoms with van der Waals surface area (Å²) in [5.41, 5.74) is 2.09. The molecule has 0 bridgehead atoms. The van der Waals surface area contributed by atoms with Gasteiger partial charge in [0.1, 0.15) is 5.82 Å². The Morgan fingerprint density at radius 3 is 2.81 bits per heavy atom. The summed E-state index contributed by atoms with van der Waals surface area (Å²) in [6, 6.07) is 0. The van der Waals surface area contributed by atoms with Crippen LogP contribution in [-0.4, -0.2) is 24.8 Å². The molecular weight excluding hydrogens is 220 g/mol. The molecule has 0 aromatic carbocycles. The van der Waals surface area contributed by atoms with Crippen LogP contribution in [0.15, 0.2) is 11.4 Å². The van der Waals surface area contributed by atoms with Crippen LogP contribution in [0.25, 0.3) is 5.52 Å². The zero-order valence-corrected chi connectivity index (χ0v) is 10.9. The van der Waals surface area contributed by atoms with Gasteiger partial charge in [0.15, 0.2) is 5.16 Å².